The van der Waals surface area contributed by atoms with Gasteiger partial charge in [-0.1, -0.05) is 12.1 Å². The van der Waals surface area contributed by atoms with Crippen LogP contribution in [0.25, 0.3) is 0 Å². The number of ether oxygens (including phenoxy) is 1. The van der Waals surface area contributed by atoms with E-state index in [9.17, 15) is 4.79 Å². The summed E-state index contributed by atoms with van der Waals surface area (Å²) in [5.74, 6) is 0.979. The number of nitrogens with one attached hydrogen (secondary N) is 2. The van der Waals surface area contributed by atoms with Crippen LogP contribution in [0.15, 0.2) is 41.4 Å². The molecule has 0 radical (unpaired) electrons. The number of carbonyl (C=O) groups excluding carboxylic acids is 1. The molecule has 4 N–H and O–H groups in total. The Morgan fingerprint density at radius 3 is 2.52 bits per heavy atom. The van der Waals surface area contributed by atoms with Crippen molar-refractivity contribution in [2.45, 2.75) is 26.8 Å². The summed E-state index contributed by atoms with van der Waals surface area (Å²) in [6, 6.07) is 11.9. The van der Waals surface area contributed by atoms with Crippen LogP contribution < -0.4 is 21.1 Å². The SMILES string of the molecule is CCNC(=NCc1ccc(C)s1)NCCc1ccc(OCC(N)=O)cc1.I. The van der Waals surface area contributed by atoms with Gasteiger partial charge in [-0.3, -0.25) is 4.79 Å². The maximum absolute atomic E-state index is 10.7. The number of aliphatic imine (C=N–C) groups is 1. The van der Waals surface area contributed by atoms with Crippen LogP contribution >= 0.6 is 35.3 Å². The predicted octanol–water partition coefficient (Wildman–Crippen LogP) is 2.84. The fourth-order valence-electron chi connectivity index (χ4n) is 2.30. The molecule has 0 aliphatic heterocycles. The van der Waals surface area contributed by atoms with Crippen molar-refractivity contribution >= 4 is 47.2 Å². The Morgan fingerprint density at radius 1 is 1.19 bits per heavy atom. The van der Waals surface area contributed by atoms with Gasteiger partial charge >= 0.3 is 0 Å². The number of hydrogen-bond acceptors (Lipinski definition) is 4. The highest BCUT2D eigenvalue weighted by molar-refractivity contribution is 14.0. The Hall–Kier alpha value is -1.81. The summed E-state index contributed by atoms with van der Waals surface area (Å²) in [7, 11) is 0. The normalized spacial score (nSPS) is 10.8. The summed E-state index contributed by atoms with van der Waals surface area (Å²) in [5, 5.41) is 6.61. The first kappa shape index (κ1) is 23.2. The Labute approximate surface area is 181 Å². The Kier molecular flexibility index (Phi) is 10.8. The summed E-state index contributed by atoms with van der Waals surface area (Å²) >= 11 is 1.77. The van der Waals surface area contributed by atoms with Gasteiger partial charge in [-0.05, 0) is 50.1 Å². The van der Waals surface area contributed by atoms with E-state index in [1.54, 1.807) is 11.3 Å². The van der Waals surface area contributed by atoms with Gasteiger partial charge in [0.15, 0.2) is 12.6 Å². The van der Waals surface area contributed by atoms with Crippen LogP contribution in [-0.2, 0) is 17.8 Å². The average Bonchev–Trinajstić information content (AvgIpc) is 3.04. The first-order valence-corrected chi connectivity index (χ1v) is 9.46. The molecule has 6 nitrogen and oxygen atoms in total. The highest BCUT2D eigenvalue weighted by Crippen LogP contribution is 2.15. The number of benzene rings is 1. The van der Waals surface area contributed by atoms with Gasteiger partial charge in [-0.25, -0.2) is 4.99 Å². The van der Waals surface area contributed by atoms with E-state index in [4.69, 9.17) is 10.5 Å². The van der Waals surface area contributed by atoms with Crippen LogP contribution in [0.5, 0.6) is 5.75 Å². The van der Waals surface area contributed by atoms with E-state index in [2.05, 4.69) is 41.6 Å². The number of amides is 1. The number of rotatable bonds is 9. The zero-order valence-electron chi connectivity index (χ0n) is 15.7. The van der Waals surface area contributed by atoms with E-state index in [0.717, 1.165) is 25.5 Å². The lowest BCUT2D eigenvalue weighted by atomic mass is 10.1. The minimum atomic E-state index is -0.480. The monoisotopic (exact) mass is 502 g/mol. The third-order valence-corrected chi connectivity index (χ3v) is 4.53. The largest absolute Gasteiger partial charge is 0.484 e. The van der Waals surface area contributed by atoms with Crippen LogP contribution in [0.4, 0.5) is 0 Å². The zero-order valence-corrected chi connectivity index (χ0v) is 18.8. The first-order valence-electron chi connectivity index (χ1n) is 8.64. The first-order chi connectivity index (χ1) is 12.6. The number of halogens is 1. The summed E-state index contributed by atoms with van der Waals surface area (Å²) in [5.41, 5.74) is 6.24. The van der Waals surface area contributed by atoms with Crippen LogP contribution in [0, 0.1) is 6.92 Å². The quantitative estimate of drug-likeness (QED) is 0.280. The van der Waals surface area contributed by atoms with E-state index in [1.165, 1.54) is 15.3 Å². The smallest absolute Gasteiger partial charge is 0.255 e. The van der Waals surface area contributed by atoms with Crippen molar-refractivity contribution in [2.24, 2.45) is 10.7 Å². The van der Waals surface area contributed by atoms with Gasteiger partial charge in [0.25, 0.3) is 5.91 Å². The molecule has 0 bridgehead atoms. The number of carbonyl (C=O) groups is 1. The maximum atomic E-state index is 10.7. The summed E-state index contributed by atoms with van der Waals surface area (Å²) in [6.07, 6.45) is 0.860. The molecule has 0 spiro atoms. The number of nitrogens with two attached hydrogens (primary N) is 1. The van der Waals surface area contributed by atoms with Crippen molar-refractivity contribution in [1.29, 1.82) is 0 Å². The second kappa shape index (κ2) is 12.6. The Bertz CT molecular complexity index is 732. The number of nitrogens with zero attached hydrogens (tertiary/aromatic N) is 1. The molecule has 0 aliphatic carbocycles. The molecule has 8 heteroatoms. The van der Waals surface area contributed by atoms with Crippen molar-refractivity contribution < 1.29 is 9.53 Å². The molecular formula is C19H27IN4O2S. The predicted molar refractivity (Wildman–Crippen MR) is 122 cm³/mol. The number of guanidine groups is 1. The van der Waals surface area contributed by atoms with Crippen molar-refractivity contribution in [3.8, 4) is 5.75 Å². The topological polar surface area (TPSA) is 88.7 Å². The number of aryl methyl sites for hydroxylation is 1. The Balaban J connectivity index is 0.00000364. The van der Waals surface area contributed by atoms with Gasteiger partial charge in [-0.2, -0.15) is 0 Å². The second-order valence-electron chi connectivity index (χ2n) is 5.78. The van der Waals surface area contributed by atoms with Gasteiger partial charge in [0.2, 0.25) is 0 Å². The summed E-state index contributed by atoms with van der Waals surface area (Å²) in [6.45, 7) is 6.33. The molecule has 1 aromatic heterocycles. The second-order valence-corrected chi connectivity index (χ2v) is 7.16. The van der Waals surface area contributed by atoms with Crippen molar-refractivity contribution in [2.75, 3.05) is 19.7 Å². The number of thiophene rings is 1. The molecule has 0 aliphatic rings. The van der Waals surface area contributed by atoms with Crippen LogP contribution in [0.1, 0.15) is 22.2 Å². The lowest BCUT2D eigenvalue weighted by molar-refractivity contribution is -0.119. The van der Waals surface area contributed by atoms with E-state index in [-0.39, 0.29) is 30.6 Å². The number of hydrogen-bond donors (Lipinski definition) is 3. The van der Waals surface area contributed by atoms with E-state index < -0.39 is 5.91 Å². The lowest BCUT2D eigenvalue weighted by Crippen LogP contribution is -2.38. The van der Waals surface area contributed by atoms with Gasteiger partial charge < -0.3 is 21.1 Å². The van der Waals surface area contributed by atoms with Crippen molar-refractivity contribution in [3.05, 3.63) is 51.7 Å². The van der Waals surface area contributed by atoms with Crippen LogP contribution in [-0.4, -0.2) is 31.6 Å². The van der Waals surface area contributed by atoms with Gasteiger partial charge in [0, 0.05) is 22.8 Å². The van der Waals surface area contributed by atoms with Gasteiger partial charge in [0.05, 0.1) is 6.54 Å². The molecule has 1 aromatic carbocycles. The molecule has 1 amide bonds. The molecular weight excluding hydrogens is 475 g/mol. The van der Waals surface area contributed by atoms with Crippen molar-refractivity contribution in [1.82, 2.24) is 10.6 Å². The van der Waals surface area contributed by atoms with E-state index in [1.807, 2.05) is 24.3 Å². The third kappa shape index (κ3) is 9.09. The van der Waals surface area contributed by atoms with Gasteiger partial charge in [-0.15, -0.1) is 35.3 Å². The molecule has 0 fully saturated rings. The van der Waals surface area contributed by atoms with Crippen LogP contribution in [0.2, 0.25) is 0 Å². The maximum Gasteiger partial charge on any atom is 0.255 e. The average molecular weight is 502 g/mol. The van der Waals surface area contributed by atoms with E-state index >= 15 is 0 Å². The third-order valence-electron chi connectivity index (χ3n) is 3.54. The summed E-state index contributed by atoms with van der Waals surface area (Å²) < 4.78 is 5.25. The summed E-state index contributed by atoms with van der Waals surface area (Å²) in [4.78, 5) is 17.9. The molecule has 1 heterocycles. The minimum absolute atomic E-state index is 0. The van der Waals surface area contributed by atoms with E-state index in [0.29, 0.717) is 12.3 Å². The molecule has 2 aromatic rings. The van der Waals surface area contributed by atoms with Crippen LogP contribution in [0.3, 0.4) is 0 Å². The standard InChI is InChI=1S/C19H26N4O2S.HI/c1-3-21-19(23-12-17-9-4-14(2)26-17)22-11-10-15-5-7-16(8-6-15)25-13-18(20)24;/h4-9H,3,10-13H2,1-2H3,(H2,20,24)(H2,21,22,23);1H. The molecule has 0 unspecified atom stereocenters. The highest BCUT2D eigenvalue weighted by Gasteiger charge is 2.01. The highest BCUT2D eigenvalue weighted by atomic mass is 127. The minimum Gasteiger partial charge on any atom is -0.484 e. The molecule has 2 rings (SSSR count). The fraction of sp³-hybridized carbons (Fsp3) is 0.368. The zero-order chi connectivity index (χ0) is 18.8. The van der Waals surface area contributed by atoms with Gasteiger partial charge in [0.1, 0.15) is 5.75 Å². The molecule has 0 saturated carbocycles. The Morgan fingerprint density at radius 2 is 1.93 bits per heavy atom. The lowest BCUT2D eigenvalue weighted by Gasteiger charge is -2.11. The molecule has 148 valence electrons. The molecule has 0 atom stereocenters. The number of primary amides is 1. The molecule has 27 heavy (non-hydrogen) atoms. The fourth-order valence-corrected chi connectivity index (χ4v) is 3.12. The molecule has 0 saturated heterocycles. The van der Waals surface area contributed by atoms with Crippen molar-refractivity contribution in [3.63, 3.8) is 0 Å².